The minimum absolute atomic E-state index is 0.00617. The van der Waals surface area contributed by atoms with Gasteiger partial charge in [0.05, 0.1) is 18.4 Å². The van der Waals surface area contributed by atoms with Crippen LogP contribution in [0.4, 0.5) is 0 Å². The highest BCUT2D eigenvalue weighted by Gasteiger charge is 2.32. The molecule has 1 fully saturated rings. The molecule has 0 radical (unpaired) electrons. The maximum absolute atomic E-state index is 10.7. The van der Waals surface area contributed by atoms with Gasteiger partial charge in [0.15, 0.2) is 5.16 Å². The molecule has 106 valence electrons. The van der Waals surface area contributed by atoms with E-state index in [2.05, 4.69) is 21.7 Å². The lowest BCUT2D eigenvalue weighted by molar-refractivity contribution is -0.133. The number of thioether (sulfide) groups is 1. The smallest absolute Gasteiger partial charge is 0.313 e. The maximum atomic E-state index is 10.7. The molecule has 0 aromatic carbocycles. The number of carboxylic acid groups (broad SMARTS) is 1. The molecule has 1 aliphatic rings. The number of aromatic nitrogens is 3. The molecule has 1 atom stereocenters. The van der Waals surface area contributed by atoms with Crippen molar-refractivity contribution in [1.82, 2.24) is 14.8 Å². The van der Waals surface area contributed by atoms with Gasteiger partial charge in [-0.1, -0.05) is 18.7 Å². The van der Waals surface area contributed by atoms with Gasteiger partial charge in [-0.15, -0.1) is 10.2 Å². The van der Waals surface area contributed by atoms with Gasteiger partial charge in [0, 0.05) is 13.0 Å². The summed E-state index contributed by atoms with van der Waals surface area (Å²) in [5.74, 6) is 0.633. The van der Waals surface area contributed by atoms with E-state index in [1.165, 1.54) is 11.8 Å². The average molecular weight is 285 g/mol. The first-order chi connectivity index (χ1) is 9.17. The van der Waals surface area contributed by atoms with E-state index in [1.54, 1.807) is 7.11 Å². The quantitative estimate of drug-likeness (QED) is 0.735. The zero-order valence-electron chi connectivity index (χ0n) is 11.2. The Labute approximate surface area is 116 Å². The maximum Gasteiger partial charge on any atom is 0.313 e. The van der Waals surface area contributed by atoms with Gasteiger partial charge >= 0.3 is 5.97 Å². The minimum Gasteiger partial charge on any atom is -0.481 e. The number of aliphatic carboxylic acids is 1. The van der Waals surface area contributed by atoms with Gasteiger partial charge in [-0.2, -0.15) is 0 Å². The van der Waals surface area contributed by atoms with E-state index in [-0.39, 0.29) is 11.8 Å². The first-order valence-corrected chi connectivity index (χ1v) is 7.44. The molecule has 0 aliphatic heterocycles. The zero-order valence-corrected chi connectivity index (χ0v) is 12.0. The second kappa shape index (κ2) is 6.38. The molecule has 7 heteroatoms. The van der Waals surface area contributed by atoms with Gasteiger partial charge in [-0.25, -0.2) is 0 Å². The molecule has 2 rings (SSSR count). The molecule has 1 aromatic heterocycles. The number of rotatable bonds is 8. The summed E-state index contributed by atoms with van der Waals surface area (Å²) in [4.78, 5) is 10.7. The molecule has 1 N–H and O–H groups in total. The van der Waals surface area contributed by atoms with Crippen molar-refractivity contribution in [2.45, 2.75) is 43.3 Å². The van der Waals surface area contributed by atoms with Crippen molar-refractivity contribution < 1.29 is 14.6 Å². The molecule has 0 saturated heterocycles. The van der Waals surface area contributed by atoms with Crippen molar-refractivity contribution in [1.29, 1.82) is 0 Å². The summed E-state index contributed by atoms with van der Waals surface area (Å²) in [6.07, 6.45) is 3.20. The lowest BCUT2D eigenvalue weighted by atomic mass is 10.2. The Kier molecular flexibility index (Phi) is 4.81. The van der Waals surface area contributed by atoms with Crippen molar-refractivity contribution >= 4 is 17.7 Å². The van der Waals surface area contributed by atoms with E-state index in [0.29, 0.717) is 17.7 Å². The molecule has 1 heterocycles. The summed E-state index contributed by atoms with van der Waals surface area (Å²) < 4.78 is 7.33. The van der Waals surface area contributed by atoms with Crippen LogP contribution in [0.25, 0.3) is 0 Å². The van der Waals surface area contributed by atoms with Crippen LogP contribution >= 0.6 is 11.8 Å². The summed E-state index contributed by atoms with van der Waals surface area (Å²) >= 11 is 1.22. The van der Waals surface area contributed by atoms with Gasteiger partial charge < -0.3 is 14.4 Å². The molecule has 1 unspecified atom stereocenters. The highest BCUT2D eigenvalue weighted by atomic mass is 32.2. The molecule has 1 saturated carbocycles. The Hall–Kier alpha value is -1.08. The average Bonchev–Trinajstić information content (AvgIpc) is 3.14. The number of ether oxygens (including phenoxy) is 1. The molecule has 0 amide bonds. The third kappa shape index (κ3) is 3.48. The number of carboxylic acids is 1. The van der Waals surface area contributed by atoms with Crippen LogP contribution in [-0.2, 0) is 9.53 Å². The summed E-state index contributed by atoms with van der Waals surface area (Å²) in [6.45, 7) is 2.68. The number of nitrogens with zero attached hydrogens (tertiary/aromatic N) is 3. The highest BCUT2D eigenvalue weighted by Crippen LogP contribution is 2.41. The van der Waals surface area contributed by atoms with Crippen LogP contribution < -0.4 is 0 Å². The Morgan fingerprint density at radius 1 is 1.58 bits per heavy atom. The summed E-state index contributed by atoms with van der Waals surface area (Å²) in [6, 6.07) is 0.173. The third-order valence-electron chi connectivity index (χ3n) is 3.15. The SMILES string of the molecule is CCC(COC)n1c(SCC(=O)O)nnc1C1CC1. The molecular weight excluding hydrogens is 266 g/mol. The number of carbonyl (C=O) groups is 1. The number of methoxy groups -OCH3 is 1. The predicted octanol–water partition coefficient (Wildman–Crippen LogP) is 1.93. The lowest BCUT2D eigenvalue weighted by Gasteiger charge is -2.19. The van der Waals surface area contributed by atoms with Crippen molar-refractivity contribution in [2.75, 3.05) is 19.5 Å². The van der Waals surface area contributed by atoms with E-state index >= 15 is 0 Å². The summed E-state index contributed by atoms with van der Waals surface area (Å²) in [7, 11) is 1.67. The number of hydrogen-bond acceptors (Lipinski definition) is 5. The first-order valence-electron chi connectivity index (χ1n) is 6.45. The van der Waals surface area contributed by atoms with Crippen LogP contribution in [0, 0.1) is 0 Å². The van der Waals surface area contributed by atoms with Gasteiger partial charge in [0.2, 0.25) is 0 Å². The minimum atomic E-state index is -0.840. The Bertz CT molecular complexity index is 445. The molecule has 1 aliphatic carbocycles. The van der Waals surface area contributed by atoms with Gasteiger partial charge in [0.1, 0.15) is 5.82 Å². The fraction of sp³-hybridized carbons (Fsp3) is 0.750. The van der Waals surface area contributed by atoms with Gasteiger partial charge in [0.25, 0.3) is 0 Å². The van der Waals surface area contributed by atoms with Crippen molar-refractivity contribution in [3.05, 3.63) is 5.82 Å². The van der Waals surface area contributed by atoms with E-state index in [4.69, 9.17) is 9.84 Å². The number of hydrogen-bond donors (Lipinski definition) is 1. The largest absolute Gasteiger partial charge is 0.481 e. The van der Waals surface area contributed by atoms with Crippen molar-refractivity contribution in [3.8, 4) is 0 Å². The first kappa shape index (κ1) is 14.3. The van der Waals surface area contributed by atoms with Crippen LogP contribution in [0.2, 0.25) is 0 Å². The van der Waals surface area contributed by atoms with E-state index in [9.17, 15) is 4.79 Å². The molecule has 1 aromatic rings. The van der Waals surface area contributed by atoms with Crippen LogP contribution in [0.1, 0.15) is 44.0 Å². The predicted molar refractivity (Wildman–Crippen MR) is 71.6 cm³/mol. The monoisotopic (exact) mass is 285 g/mol. The van der Waals surface area contributed by atoms with Crippen LogP contribution in [0.5, 0.6) is 0 Å². The standard InChI is InChI=1S/C12H19N3O3S/c1-3-9(6-18-2)15-11(8-4-5-8)13-14-12(15)19-7-10(16)17/h8-9H,3-7H2,1-2H3,(H,16,17). The lowest BCUT2D eigenvalue weighted by Crippen LogP contribution is -2.17. The topological polar surface area (TPSA) is 77.2 Å². The Morgan fingerprint density at radius 3 is 2.84 bits per heavy atom. The molecular formula is C12H19N3O3S. The molecule has 6 nitrogen and oxygen atoms in total. The molecule has 19 heavy (non-hydrogen) atoms. The van der Waals surface area contributed by atoms with Crippen LogP contribution in [0.15, 0.2) is 5.16 Å². The van der Waals surface area contributed by atoms with Crippen molar-refractivity contribution in [2.24, 2.45) is 0 Å². The Morgan fingerprint density at radius 2 is 2.32 bits per heavy atom. The van der Waals surface area contributed by atoms with Crippen LogP contribution in [0.3, 0.4) is 0 Å². The summed E-state index contributed by atoms with van der Waals surface area (Å²) in [5.41, 5.74) is 0. The van der Waals surface area contributed by atoms with E-state index < -0.39 is 5.97 Å². The fourth-order valence-corrected chi connectivity index (χ4v) is 2.78. The highest BCUT2D eigenvalue weighted by molar-refractivity contribution is 7.99. The van der Waals surface area contributed by atoms with Crippen LogP contribution in [-0.4, -0.2) is 45.3 Å². The molecule has 0 spiro atoms. The van der Waals surface area contributed by atoms with Crippen molar-refractivity contribution in [3.63, 3.8) is 0 Å². The van der Waals surface area contributed by atoms with E-state index in [0.717, 1.165) is 25.1 Å². The second-order valence-electron chi connectivity index (χ2n) is 4.68. The zero-order chi connectivity index (χ0) is 13.8. The molecule has 0 bridgehead atoms. The second-order valence-corrected chi connectivity index (χ2v) is 5.63. The fourth-order valence-electron chi connectivity index (χ4n) is 2.04. The summed E-state index contributed by atoms with van der Waals surface area (Å²) in [5, 5.41) is 17.9. The Balaban J connectivity index is 2.23. The van der Waals surface area contributed by atoms with Gasteiger partial charge in [-0.05, 0) is 19.3 Å². The van der Waals surface area contributed by atoms with Gasteiger partial charge in [-0.3, -0.25) is 4.79 Å². The third-order valence-corrected chi connectivity index (χ3v) is 4.08. The van der Waals surface area contributed by atoms with E-state index in [1.807, 2.05) is 0 Å². The normalized spacial score (nSPS) is 16.5.